The van der Waals surface area contributed by atoms with E-state index in [1.54, 1.807) is 4.68 Å². The Bertz CT molecular complexity index is 2680. The zero-order valence-electron chi connectivity index (χ0n) is 39.8. The number of carbonyl (C=O) groups is 4. The number of sulfone groups is 2. The average molecular weight is 997 g/mol. The summed E-state index contributed by atoms with van der Waals surface area (Å²) in [6.45, 7) is 9.89. The fourth-order valence-electron chi connectivity index (χ4n) is 9.15. The van der Waals surface area contributed by atoms with E-state index >= 15 is 0 Å². The number of aromatic carboxylic acids is 1. The number of aliphatic hydroxyl groups excluding tert-OH is 1. The topological polar surface area (TPSA) is 264 Å². The molecule has 0 bridgehead atoms. The molecule has 0 atom stereocenters. The van der Waals surface area contributed by atoms with Crippen LogP contribution in [0.1, 0.15) is 117 Å². The van der Waals surface area contributed by atoms with Gasteiger partial charge in [0, 0.05) is 82.9 Å². The van der Waals surface area contributed by atoms with Gasteiger partial charge in [-0.05, 0) is 137 Å². The first kappa shape index (κ1) is 52.9. The Balaban J connectivity index is 0.000000190. The number of aliphatic hydroxyl groups is 1. The molecule has 0 radical (unpaired) electrons. The van der Waals surface area contributed by atoms with Crippen LogP contribution in [0.4, 0.5) is 0 Å². The summed E-state index contributed by atoms with van der Waals surface area (Å²) < 4.78 is 65.1. The van der Waals surface area contributed by atoms with E-state index in [4.69, 9.17) is 29.5 Å². The molecule has 4 aromatic rings. The van der Waals surface area contributed by atoms with Crippen LogP contribution in [0.25, 0.3) is 0 Å². The Morgan fingerprint density at radius 3 is 1.46 bits per heavy atom. The van der Waals surface area contributed by atoms with Crippen LogP contribution in [0.5, 0.6) is 0 Å². The van der Waals surface area contributed by atoms with E-state index in [0.717, 1.165) is 98.9 Å². The number of rotatable bonds is 13. The van der Waals surface area contributed by atoms with Crippen molar-refractivity contribution in [1.82, 2.24) is 30.2 Å². The van der Waals surface area contributed by atoms with Crippen molar-refractivity contribution in [2.75, 3.05) is 65.2 Å². The summed E-state index contributed by atoms with van der Waals surface area (Å²) in [6, 6.07) is 10.8. The number of hydrogen-bond donors (Lipinski definition) is 4. The van der Waals surface area contributed by atoms with Crippen molar-refractivity contribution in [2.24, 2.45) is 10.8 Å². The van der Waals surface area contributed by atoms with Gasteiger partial charge >= 0.3 is 11.9 Å². The molecule has 4 N–H and O–H groups in total. The number of carbonyl (C=O) groups excluding carboxylic acids is 3. The number of aryl methyl sites for hydroxylation is 4. The zero-order chi connectivity index (χ0) is 50.0. The number of aromatic nitrogens is 4. The molecule has 69 heavy (non-hydrogen) atoms. The number of fused-ring (bicyclic) bond motifs is 2. The van der Waals surface area contributed by atoms with Crippen LogP contribution in [0.15, 0.2) is 58.3 Å². The third-order valence-electron chi connectivity index (χ3n) is 13.2. The molecular weight excluding hydrogens is 933 g/mol. The molecule has 376 valence electrons. The molecule has 4 aliphatic heterocycles. The Morgan fingerprint density at radius 1 is 0.681 bits per heavy atom. The van der Waals surface area contributed by atoms with Gasteiger partial charge in [-0.1, -0.05) is 0 Å². The highest BCUT2D eigenvalue weighted by atomic mass is 32.2. The maximum absolute atomic E-state index is 12.9. The van der Waals surface area contributed by atoms with Gasteiger partial charge in [-0.2, -0.15) is 10.2 Å². The van der Waals surface area contributed by atoms with Gasteiger partial charge in [0.15, 0.2) is 19.7 Å². The van der Waals surface area contributed by atoms with Gasteiger partial charge in [-0.25, -0.2) is 26.4 Å². The molecule has 2 amide bonds. The van der Waals surface area contributed by atoms with E-state index in [2.05, 4.69) is 15.7 Å². The number of ether oxygens (including phenoxy) is 3. The molecule has 21 heteroatoms. The van der Waals surface area contributed by atoms with Gasteiger partial charge < -0.3 is 35.1 Å². The monoisotopic (exact) mass is 996 g/mol. The summed E-state index contributed by atoms with van der Waals surface area (Å²) in [7, 11) is -6.56. The second-order valence-corrected chi connectivity index (χ2v) is 22.1. The van der Waals surface area contributed by atoms with E-state index in [1.165, 1.54) is 48.5 Å². The number of amides is 2. The van der Waals surface area contributed by atoms with Gasteiger partial charge in [0.05, 0.1) is 38.9 Å². The van der Waals surface area contributed by atoms with Gasteiger partial charge in [0.2, 0.25) is 0 Å². The first-order valence-electron chi connectivity index (χ1n) is 23.3. The number of nitrogens with one attached hydrogen (secondary N) is 2. The molecule has 2 fully saturated rings. The highest BCUT2D eigenvalue weighted by Crippen LogP contribution is 2.39. The molecule has 19 nitrogen and oxygen atoms in total. The van der Waals surface area contributed by atoms with Crippen molar-refractivity contribution in [3.8, 4) is 0 Å². The molecule has 2 aromatic carbocycles. The van der Waals surface area contributed by atoms with Crippen molar-refractivity contribution >= 4 is 43.4 Å². The Morgan fingerprint density at radius 2 is 1.09 bits per heavy atom. The number of carboxylic acid groups (broad SMARTS) is 1. The molecule has 0 saturated carbocycles. The SMILES string of the molecule is CCn1nc(CCCO)c2c1C(=O)NCC1(CCOCC1)C2.CCn1nc(CCCOC(=O)c2ccc(S(C)(=O)=O)cc2)c2c1C(=O)NCC1(CCOCC1)C2.CS(=O)(=O)c1ccc(C(=O)O)cc1. The first-order valence-corrected chi connectivity index (χ1v) is 27.1. The minimum atomic E-state index is -3.32. The van der Waals surface area contributed by atoms with Crippen LogP contribution in [0.2, 0.25) is 0 Å². The zero-order valence-corrected chi connectivity index (χ0v) is 41.4. The lowest BCUT2D eigenvalue weighted by Gasteiger charge is -2.36. The molecule has 4 aliphatic rings. The Kier molecular flexibility index (Phi) is 17.6. The summed E-state index contributed by atoms with van der Waals surface area (Å²) >= 11 is 0. The Labute approximate surface area is 403 Å². The molecule has 2 spiro atoms. The second-order valence-electron chi connectivity index (χ2n) is 18.1. The summed E-state index contributed by atoms with van der Waals surface area (Å²) in [4.78, 5) is 48.4. The average Bonchev–Trinajstić information content (AvgIpc) is 3.77. The Hall–Kier alpha value is -5.48. The van der Waals surface area contributed by atoms with E-state index in [9.17, 15) is 36.0 Å². The van der Waals surface area contributed by atoms with Crippen LogP contribution in [-0.4, -0.2) is 136 Å². The fourth-order valence-corrected chi connectivity index (χ4v) is 10.4. The van der Waals surface area contributed by atoms with E-state index < -0.39 is 31.6 Å². The first-order chi connectivity index (χ1) is 32.8. The van der Waals surface area contributed by atoms with Gasteiger partial charge in [0.1, 0.15) is 11.4 Å². The number of benzene rings is 2. The molecule has 6 heterocycles. The van der Waals surface area contributed by atoms with Crippen LogP contribution in [0.3, 0.4) is 0 Å². The minimum absolute atomic E-state index is 0.0111. The summed E-state index contributed by atoms with van der Waals surface area (Å²) in [5, 5.41) is 33.2. The predicted molar refractivity (Wildman–Crippen MR) is 253 cm³/mol. The summed E-state index contributed by atoms with van der Waals surface area (Å²) in [5.41, 5.74) is 5.77. The largest absolute Gasteiger partial charge is 0.478 e. The number of carboxylic acids is 1. The normalized spacial score (nSPS) is 17.3. The lowest BCUT2D eigenvalue weighted by Crippen LogP contribution is -2.40. The summed E-state index contributed by atoms with van der Waals surface area (Å²) in [6.07, 6.45) is 10.2. The van der Waals surface area contributed by atoms with Crippen LogP contribution >= 0.6 is 0 Å². The van der Waals surface area contributed by atoms with Crippen molar-refractivity contribution in [2.45, 2.75) is 101 Å². The highest BCUT2D eigenvalue weighted by molar-refractivity contribution is 7.91. The molecule has 8 rings (SSSR count). The summed E-state index contributed by atoms with van der Waals surface area (Å²) in [5.74, 6) is -1.66. The molecular formula is C48H64N6O13S2. The third-order valence-corrected chi connectivity index (χ3v) is 15.4. The maximum Gasteiger partial charge on any atom is 0.338 e. The van der Waals surface area contributed by atoms with Crippen molar-refractivity contribution in [3.05, 3.63) is 93.6 Å². The van der Waals surface area contributed by atoms with Crippen LogP contribution in [0, 0.1) is 10.8 Å². The number of nitrogens with zero attached hydrogens (tertiary/aromatic N) is 4. The lowest BCUT2D eigenvalue weighted by atomic mass is 9.75. The van der Waals surface area contributed by atoms with E-state index in [0.29, 0.717) is 69.9 Å². The molecule has 0 unspecified atom stereocenters. The number of esters is 1. The fraction of sp³-hybridized carbons (Fsp3) is 0.542. The third kappa shape index (κ3) is 13.2. The molecule has 2 saturated heterocycles. The lowest BCUT2D eigenvalue weighted by molar-refractivity contribution is 0.0159. The smallest absolute Gasteiger partial charge is 0.338 e. The maximum atomic E-state index is 12.9. The quantitative estimate of drug-likeness (QED) is 0.109. The van der Waals surface area contributed by atoms with E-state index in [1.807, 2.05) is 18.5 Å². The molecule has 0 aliphatic carbocycles. The van der Waals surface area contributed by atoms with Crippen LogP contribution in [-0.2, 0) is 72.7 Å². The number of hydrogen-bond acceptors (Lipinski definition) is 14. The predicted octanol–water partition coefficient (Wildman–Crippen LogP) is 3.88. The minimum Gasteiger partial charge on any atom is -0.478 e. The standard InChI is InChI=1S/C24H31N3O6S.C16H25N3O3.C8H8O4S/c1-3-27-21-19(15-24(16-25-22(21)28)10-13-32-14-11-24)20(26-27)5-4-12-33-23(29)17-6-8-18(9-7-17)34(2,30)31;1-2-19-14-12(13(18-19)4-3-7-20)10-16(11-17-15(14)21)5-8-22-9-6-16;1-13(11,12)7-4-2-6(3-5-7)8(9)10/h6-9H,3-5,10-16H2,1-2H3,(H,25,28);20H,2-11H2,1H3,(H,17,21);2-5H,1H3,(H,9,10). The van der Waals surface area contributed by atoms with Gasteiger partial charge in [-0.3, -0.25) is 19.0 Å². The van der Waals surface area contributed by atoms with Gasteiger partial charge in [-0.15, -0.1) is 0 Å². The molecule has 2 aromatic heterocycles. The van der Waals surface area contributed by atoms with E-state index in [-0.39, 0.29) is 51.2 Å². The second kappa shape index (κ2) is 23.0. The van der Waals surface area contributed by atoms with Crippen molar-refractivity contribution < 1.29 is 60.4 Å². The van der Waals surface area contributed by atoms with Gasteiger partial charge in [0.25, 0.3) is 11.8 Å². The highest BCUT2D eigenvalue weighted by Gasteiger charge is 2.41. The van der Waals surface area contributed by atoms with Crippen LogP contribution < -0.4 is 10.6 Å². The van der Waals surface area contributed by atoms with Crippen molar-refractivity contribution in [3.63, 3.8) is 0 Å². The van der Waals surface area contributed by atoms with Crippen molar-refractivity contribution in [1.29, 1.82) is 0 Å².